The largest absolute Gasteiger partial charge is 0.307 e. The highest BCUT2D eigenvalue weighted by molar-refractivity contribution is 6.22. The fraction of sp³-hybridized carbons (Fsp3) is 0. The Morgan fingerprint density at radius 2 is 1.15 bits per heavy atom. The van der Waals surface area contributed by atoms with E-state index in [9.17, 15) is 0 Å². The first-order valence-corrected chi connectivity index (χ1v) is 13.5. The summed E-state index contributed by atoms with van der Waals surface area (Å²) >= 11 is 0. The van der Waals surface area contributed by atoms with Crippen LogP contribution < -0.4 is 0 Å². The van der Waals surface area contributed by atoms with Gasteiger partial charge in [-0.2, -0.15) is 0 Å². The first-order chi connectivity index (χ1) is 19.9. The Bertz CT molecular complexity index is 2430. The maximum absolute atomic E-state index is 5.20. The summed E-state index contributed by atoms with van der Waals surface area (Å²) in [4.78, 5) is 9.39. The highest BCUT2D eigenvalue weighted by atomic mass is 15.1. The Kier molecular flexibility index (Phi) is 4.30. The van der Waals surface area contributed by atoms with Crippen LogP contribution in [0.2, 0.25) is 0 Å². The second-order valence-electron chi connectivity index (χ2n) is 10.3. The van der Waals surface area contributed by atoms with Gasteiger partial charge in [-0.25, -0.2) is 4.98 Å². The van der Waals surface area contributed by atoms with Crippen molar-refractivity contribution in [2.75, 3.05) is 0 Å². The van der Waals surface area contributed by atoms with E-state index in [4.69, 9.17) is 4.98 Å². The summed E-state index contributed by atoms with van der Waals surface area (Å²) in [6.45, 7) is 0. The van der Waals surface area contributed by atoms with Crippen molar-refractivity contribution in [3.63, 3.8) is 0 Å². The molecule has 0 N–H and O–H groups in total. The number of nitrogens with zero attached hydrogens (tertiary/aromatic N) is 4. The van der Waals surface area contributed by atoms with E-state index in [2.05, 4.69) is 123 Å². The van der Waals surface area contributed by atoms with Gasteiger partial charge in [-0.05, 0) is 47.9 Å². The molecule has 0 unspecified atom stereocenters. The molecule has 40 heavy (non-hydrogen) atoms. The molecular weight excluding hydrogens is 488 g/mol. The van der Waals surface area contributed by atoms with Crippen LogP contribution in [0.15, 0.2) is 134 Å². The summed E-state index contributed by atoms with van der Waals surface area (Å²) in [5.74, 6) is 0.896. The van der Waals surface area contributed by atoms with Crippen molar-refractivity contribution in [1.29, 1.82) is 0 Å². The SMILES string of the molecule is c1cc(-c2ccncc2)nc(-n2c3ccccc3c3ccc4cc5c6ccccc6c6ccccc6n5c4c32)c1. The summed E-state index contributed by atoms with van der Waals surface area (Å²) in [7, 11) is 0. The minimum Gasteiger partial charge on any atom is -0.307 e. The lowest BCUT2D eigenvalue weighted by Gasteiger charge is -2.12. The zero-order chi connectivity index (χ0) is 26.2. The van der Waals surface area contributed by atoms with Crippen LogP contribution in [0, 0.1) is 0 Å². The van der Waals surface area contributed by atoms with Gasteiger partial charge in [0.15, 0.2) is 0 Å². The topological polar surface area (TPSA) is 35.1 Å². The Balaban J connectivity index is 1.51. The molecule has 4 heteroatoms. The number of para-hydroxylation sites is 2. The second kappa shape index (κ2) is 8.01. The third-order valence-corrected chi connectivity index (χ3v) is 8.18. The summed E-state index contributed by atoms with van der Waals surface area (Å²) in [5, 5.41) is 7.43. The number of rotatable bonds is 2. The third-order valence-electron chi connectivity index (χ3n) is 8.18. The molecule has 0 saturated carbocycles. The van der Waals surface area contributed by atoms with Crippen molar-refractivity contribution in [3.8, 4) is 17.1 Å². The molecule has 4 aromatic carbocycles. The van der Waals surface area contributed by atoms with E-state index in [1.165, 1.54) is 54.4 Å². The average Bonchev–Trinajstić information content (AvgIpc) is 3.58. The quantitative estimate of drug-likeness (QED) is 0.218. The second-order valence-corrected chi connectivity index (χ2v) is 10.3. The molecule has 9 rings (SSSR count). The molecule has 5 aromatic heterocycles. The molecular formula is C36H22N4. The van der Waals surface area contributed by atoms with Crippen LogP contribution in [0.3, 0.4) is 0 Å². The van der Waals surface area contributed by atoms with Crippen LogP contribution in [0.25, 0.3) is 77.0 Å². The van der Waals surface area contributed by atoms with E-state index >= 15 is 0 Å². The summed E-state index contributed by atoms with van der Waals surface area (Å²) in [6, 6.07) is 43.3. The van der Waals surface area contributed by atoms with Crippen LogP contribution in [0.1, 0.15) is 0 Å². The van der Waals surface area contributed by atoms with Crippen molar-refractivity contribution < 1.29 is 0 Å². The average molecular weight is 511 g/mol. The summed E-state index contributed by atoms with van der Waals surface area (Å²) in [6.07, 6.45) is 3.63. The van der Waals surface area contributed by atoms with E-state index < -0.39 is 0 Å². The minimum atomic E-state index is 0.896. The van der Waals surface area contributed by atoms with Gasteiger partial charge in [-0.15, -0.1) is 0 Å². The first-order valence-electron chi connectivity index (χ1n) is 13.5. The van der Waals surface area contributed by atoms with Crippen molar-refractivity contribution in [1.82, 2.24) is 18.9 Å². The Labute approximate surface area is 229 Å². The third kappa shape index (κ3) is 2.85. The van der Waals surface area contributed by atoms with Gasteiger partial charge < -0.3 is 4.40 Å². The molecule has 186 valence electrons. The number of hydrogen-bond acceptors (Lipinski definition) is 2. The first kappa shape index (κ1) is 21.5. The molecule has 4 nitrogen and oxygen atoms in total. The molecule has 5 heterocycles. The highest BCUT2D eigenvalue weighted by Crippen LogP contribution is 2.40. The van der Waals surface area contributed by atoms with Crippen molar-refractivity contribution in [2.24, 2.45) is 0 Å². The minimum absolute atomic E-state index is 0.896. The van der Waals surface area contributed by atoms with Crippen molar-refractivity contribution in [3.05, 3.63) is 134 Å². The maximum Gasteiger partial charge on any atom is 0.138 e. The fourth-order valence-corrected chi connectivity index (χ4v) is 6.49. The van der Waals surface area contributed by atoms with Gasteiger partial charge in [0, 0.05) is 44.9 Å². The van der Waals surface area contributed by atoms with Gasteiger partial charge >= 0.3 is 0 Å². The smallest absolute Gasteiger partial charge is 0.138 e. The van der Waals surface area contributed by atoms with Crippen LogP contribution in [0.5, 0.6) is 0 Å². The molecule has 0 spiro atoms. The molecule has 9 aromatic rings. The van der Waals surface area contributed by atoms with Gasteiger partial charge in [-0.1, -0.05) is 78.9 Å². The van der Waals surface area contributed by atoms with Crippen LogP contribution in [0.4, 0.5) is 0 Å². The number of fused-ring (bicyclic) bond motifs is 12. The Morgan fingerprint density at radius 3 is 1.95 bits per heavy atom. The Morgan fingerprint density at radius 1 is 0.475 bits per heavy atom. The molecule has 0 amide bonds. The maximum atomic E-state index is 5.20. The molecule has 0 aliphatic heterocycles. The predicted molar refractivity (Wildman–Crippen MR) is 165 cm³/mol. The molecule has 0 radical (unpaired) electrons. The number of pyridine rings is 3. The van der Waals surface area contributed by atoms with E-state index in [1.807, 2.05) is 24.5 Å². The van der Waals surface area contributed by atoms with Crippen molar-refractivity contribution >= 4 is 59.9 Å². The number of benzene rings is 4. The van der Waals surface area contributed by atoms with E-state index in [0.29, 0.717) is 0 Å². The van der Waals surface area contributed by atoms with E-state index in [1.54, 1.807) is 0 Å². The molecule has 0 aliphatic rings. The summed E-state index contributed by atoms with van der Waals surface area (Å²) < 4.78 is 4.80. The lowest BCUT2D eigenvalue weighted by Crippen LogP contribution is -2.00. The predicted octanol–water partition coefficient (Wildman–Crippen LogP) is 8.95. The molecule has 0 saturated heterocycles. The zero-order valence-electron chi connectivity index (χ0n) is 21.5. The molecule has 0 fully saturated rings. The van der Waals surface area contributed by atoms with Crippen LogP contribution >= 0.6 is 0 Å². The zero-order valence-corrected chi connectivity index (χ0v) is 21.5. The van der Waals surface area contributed by atoms with E-state index in [-0.39, 0.29) is 0 Å². The Hall–Kier alpha value is -5.48. The fourth-order valence-electron chi connectivity index (χ4n) is 6.49. The lowest BCUT2D eigenvalue weighted by molar-refractivity contribution is 1.08. The van der Waals surface area contributed by atoms with Gasteiger partial charge in [-0.3, -0.25) is 9.55 Å². The molecule has 0 atom stereocenters. The van der Waals surface area contributed by atoms with E-state index in [0.717, 1.165) is 22.6 Å². The molecule has 0 aliphatic carbocycles. The monoisotopic (exact) mass is 510 g/mol. The van der Waals surface area contributed by atoms with Gasteiger partial charge in [0.05, 0.1) is 33.3 Å². The normalized spacial score (nSPS) is 12.0. The van der Waals surface area contributed by atoms with Crippen molar-refractivity contribution in [2.45, 2.75) is 0 Å². The van der Waals surface area contributed by atoms with Gasteiger partial charge in [0.25, 0.3) is 0 Å². The standard InChI is InChI=1S/C36H22N4/c1-2-10-27-25(8-1)26-9-3-5-13-31(26)39-33(27)22-24-16-17-29-28-11-4-6-14-32(28)40(36(29)35(24)39)34-15-7-12-30(38-34)23-18-20-37-21-19-23/h1-22H. The lowest BCUT2D eigenvalue weighted by atomic mass is 10.1. The van der Waals surface area contributed by atoms with Gasteiger partial charge in [0.2, 0.25) is 0 Å². The van der Waals surface area contributed by atoms with Gasteiger partial charge in [0.1, 0.15) is 5.82 Å². The number of aromatic nitrogens is 4. The van der Waals surface area contributed by atoms with Crippen LogP contribution in [-0.4, -0.2) is 18.9 Å². The number of hydrogen-bond donors (Lipinski definition) is 0. The summed E-state index contributed by atoms with van der Waals surface area (Å²) in [5.41, 5.74) is 7.90. The highest BCUT2D eigenvalue weighted by Gasteiger charge is 2.20. The molecule has 0 bridgehead atoms. The van der Waals surface area contributed by atoms with Crippen LogP contribution in [-0.2, 0) is 0 Å².